The fourth-order valence-corrected chi connectivity index (χ4v) is 4.86. The molecule has 3 rings (SSSR count). The van der Waals surface area contributed by atoms with Gasteiger partial charge in [-0.1, -0.05) is 24.3 Å². The molecule has 1 fully saturated rings. The molecule has 1 saturated heterocycles. The molecule has 6 nitrogen and oxygen atoms in total. The van der Waals surface area contributed by atoms with Gasteiger partial charge in [-0.3, -0.25) is 4.79 Å². The van der Waals surface area contributed by atoms with Crippen molar-refractivity contribution in [3.05, 3.63) is 52.7 Å². The standard InChI is InChI=1S/C17H19N3O3S2/c21-17(19-18-12-15-7-5-11-24-15)14-6-4-10-20(13-14)25(22,23)16-8-2-1-3-9-16/h1-3,5,7-9,11-12,14H,4,6,10,13H2,(H,19,21)/b18-12-/t14-/m1/s1. The molecule has 2 aromatic rings. The van der Waals surface area contributed by atoms with E-state index >= 15 is 0 Å². The number of piperidine rings is 1. The number of rotatable bonds is 5. The van der Waals surface area contributed by atoms with Gasteiger partial charge in [0.15, 0.2) is 0 Å². The number of benzene rings is 1. The average Bonchev–Trinajstić information content (AvgIpc) is 3.16. The zero-order valence-electron chi connectivity index (χ0n) is 13.5. The molecule has 1 aliphatic heterocycles. The van der Waals surface area contributed by atoms with E-state index in [0.717, 1.165) is 4.88 Å². The summed E-state index contributed by atoms with van der Waals surface area (Å²) in [6.07, 6.45) is 2.89. The molecule has 1 N–H and O–H groups in total. The number of carbonyl (C=O) groups excluding carboxylic acids is 1. The third-order valence-corrected chi connectivity index (χ3v) is 6.73. The second kappa shape index (κ2) is 7.90. The third-order valence-electron chi connectivity index (χ3n) is 4.05. The smallest absolute Gasteiger partial charge is 0.244 e. The van der Waals surface area contributed by atoms with Crippen molar-refractivity contribution in [2.75, 3.05) is 13.1 Å². The van der Waals surface area contributed by atoms with Crippen LogP contribution in [0.5, 0.6) is 0 Å². The predicted octanol–water partition coefficient (Wildman–Crippen LogP) is 2.30. The van der Waals surface area contributed by atoms with Crippen LogP contribution in [-0.4, -0.2) is 37.9 Å². The van der Waals surface area contributed by atoms with E-state index in [1.165, 1.54) is 15.6 Å². The SMILES string of the molecule is O=C(N/N=C\c1cccs1)[C@@H]1CCCN(S(=O)(=O)c2ccccc2)C1. The molecule has 1 aromatic carbocycles. The van der Waals surface area contributed by atoms with E-state index in [1.807, 2.05) is 17.5 Å². The quantitative estimate of drug-likeness (QED) is 0.641. The Balaban J connectivity index is 1.63. The molecule has 2 heterocycles. The molecule has 0 bridgehead atoms. The van der Waals surface area contributed by atoms with Gasteiger partial charge in [0.2, 0.25) is 15.9 Å². The first-order chi connectivity index (χ1) is 12.1. The zero-order chi connectivity index (χ0) is 17.7. The van der Waals surface area contributed by atoms with Crippen LogP contribution in [0.3, 0.4) is 0 Å². The van der Waals surface area contributed by atoms with Crippen molar-refractivity contribution in [2.45, 2.75) is 17.7 Å². The van der Waals surface area contributed by atoms with Crippen LogP contribution in [0.1, 0.15) is 17.7 Å². The van der Waals surface area contributed by atoms with Crippen LogP contribution in [0.25, 0.3) is 0 Å². The minimum Gasteiger partial charge on any atom is -0.273 e. The highest BCUT2D eigenvalue weighted by Crippen LogP contribution is 2.23. The van der Waals surface area contributed by atoms with Gasteiger partial charge < -0.3 is 0 Å². The predicted molar refractivity (Wildman–Crippen MR) is 98.0 cm³/mol. The molecule has 0 aliphatic carbocycles. The Labute approximate surface area is 151 Å². The summed E-state index contributed by atoms with van der Waals surface area (Å²) in [4.78, 5) is 13.5. The highest BCUT2D eigenvalue weighted by Gasteiger charge is 2.33. The molecule has 0 saturated carbocycles. The molecule has 25 heavy (non-hydrogen) atoms. The monoisotopic (exact) mass is 377 g/mol. The maximum Gasteiger partial charge on any atom is 0.244 e. The number of nitrogens with zero attached hydrogens (tertiary/aromatic N) is 2. The van der Waals surface area contributed by atoms with Gasteiger partial charge in [-0.05, 0) is 36.4 Å². The molecule has 1 aromatic heterocycles. The number of nitrogens with one attached hydrogen (secondary N) is 1. The second-order valence-electron chi connectivity index (χ2n) is 5.76. The van der Waals surface area contributed by atoms with Crippen molar-refractivity contribution >= 4 is 33.5 Å². The van der Waals surface area contributed by atoms with Gasteiger partial charge >= 0.3 is 0 Å². The number of thiophene rings is 1. The molecular formula is C17H19N3O3S2. The lowest BCUT2D eigenvalue weighted by Crippen LogP contribution is -2.44. The summed E-state index contributed by atoms with van der Waals surface area (Å²) in [6, 6.07) is 12.1. The van der Waals surface area contributed by atoms with Crippen LogP contribution in [0.4, 0.5) is 0 Å². The van der Waals surface area contributed by atoms with Gasteiger partial charge in [0.05, 0.1) is 17.0 Å². The van der Waals surface area contributed by atoms with E-state index in [0.29, 0.717) is 19.4 Å². The van der Waals surface area contributed by atoms with Crippen molar-refractivity contribution < 1.29 is 13.2 Å². The summed E-state index contributed by atoms with van der Waals surface area (Å²) in [6.45, 7) is 0.608. The first kappa shape index (κ1) is 17.8. The van der Waals surface area contributed by atoms with Gasteiger partial charge in [-0.15, -0.1) is 11.3 Å². The van der Waals surface area contributed by atoms with Gasteiger partial charge in [-0.25, -0.2) is 13.8 Å². The lowest BCUT2D eigenvalue weighted by atomic mass is 9.99. The van der Waals surface area contributed by atoms with E-state index in [4.69, 9.17) is 0 Å². The van der Waals surface area contributed by atoms with Crippen LogP contribution in [0.15, 0.2) is 57.8 Å². The van der Waals surface area contributed by atoms with Crippen molar-refractivity contribution in [3.63, 3.8) is 0 Å². The zero-order valence-corrected chi connectivity index (χ0v) is 15.2. The largest absolute Gasteiger partial charge is 0.273 e. The number of hydrogen-bond donors (Lipinski definition) is 1. The molecule has 0 unspecified atom stereocenters. The topological polar surface area (TPSA) is 78.8 Å². The fraction of sp³-hybridized carbons (Fsp3) is 0.294. The van der Waals surface area contributed by atoms with Crippen molar-refractivity contribution in [1.29, 1.82) is 0 Å². The van der Waals surface area contributed by atoms with E-state index in [1.54, 1.807) is 36.5 Å². The van der Waals surface area contributed by atoms with Crippen LogP contribution >= 0.6 is 11.3 Å². The maximum absolute atomic E-state index is 12.7. The molecule has 0 radical (unpaired) electrons. The Morgan fingerprint density at radius 3 is 2.76 bits per heavy atom. The number of amides is 1. The number of carbonyl (C=O) groups is 1. The van der Waals surface area contributed by atoms with Gasteiger partial charge in [0.1, 0.15) is 0 Å². The van der Waals surface area contributed by atoms with Crippen molar-refractivity contribution in [3.8, 4) is 0 Å². The fourth-order valence-electron chi connectivity index (χ4n) is 2.73. The Hall–Kier alpha value is -2.03. The Morgan fingerprint density at radius 1 is 1.24 bits per heavy atom. The lowest BCUT2D eigenvalue weighted by molar-refractivity contribution is -0.126. The highest BCUT2D eigenvalue weighted by molar-refractivity contribution is 7.89. The second-order valence-corrected chi connectivity index (χ2v) is 8.68. The first-order valence-corrected chi connectivity index (χ1v) is 10.3. The van der Waals surface area contributed by atoms with Crippen LogP contribution in [0.2, 0.25) is 0 Å². The molecule has 0 spiro atoms. The molecule has 8 heteroatoms. The van der Waals surface area contributed by atoms with E-state index in [9.17, 15) is 13.2 Å². The summed E-state index contributed by atoms with van der Waals surface area (Å²) in [7, 11) is -3.57. The summed E-state index contributed by atoms with van der Waals surface area (Å²) in [5, 5.41) is 5.88. The van der Waals surface area contributed by atoms with E-state index in [2.05, 4.69) is 10.5 Å². The summed E-state index contributed by atoms with van der Waals surface area (Å²) in [5.74, 6) is -0.645. The van der Waals surface area contributed by atoms with E-state index < -0.39 is 15.9 Å². The van der Waals surface area contributed by atoms with Gasteiger partial charge in [0, 0.05) is 18.0 Å². The van der Waals surface area contributed by atoms with Crippen LogP contribution < -0.4 is 5.43 Å². The number of hydrogen-bond acceptors (Lipinski definition) is 5. The minimum atomic E-state index is -3.57. The van der Waals surface area contributed by atoms with Crippen LogP contribution in [0, 0.1) is 5.92 Å². The first-order valence-electron chi connectivity index (χ1n) is 7.99. The average molecular weight is 377 g/mol. The molecule has 132 valence electrons. The summed E-state index contributed by atoms with van der Waals surface area (Å²) in [5.41, 5.74) is 2.52. The molecule has 1 aliphatic rings. The van der Waals surface area contributed by atoms with Crippen molar-refractivity contribution in [2.24, 2.45) is 11.0 Å². The van der Waals surface area contributed by atoms with E-state index in [-0.39, 0.29) is 17.3 Å². The Kier molecular flexibility index (Phi) is 5.62. The molecule has 1 atom stereocenters. The van der Waals surface area contributed by atoms with Crippen LogP contribution in [-0.2, 0) is 14.8 Å². The van der Waals surface area contributed by atoms with Crippen molar-refractivity contribution in [1.82, 2.24) is 9.73 Å². The maximum atomic E-state index is 12.7. The number of hydrazone groups is 1. The number of sulfonamides is 1. The minimum absolute atomic E-state index is 0.178. The Morgan fingerprint density at radius 2 is 2.04 bits per heavy atom. The normalized spacial score (nSPS) is 19.1. The van der Waals surface area contributed by atoms with Gasteiger partial charge in [0.25, 0.3) is 0 Å². The molecule has 1 amide bonds. The highest BCUT2D eigenvalue weighted by atomic mass is 32.2. The third kappa shape index (κ3) is 4.33. The summed E-state index contributed by atoms with van der Waals surface area (Å²) < 4.78 is 26.8. The molecular weight excluding hydrogens is 358 g/mol. The Bertz CT molecular complexity index is 833. The summed E-state index contributed by atoms with van der Waals surface area (Å²) >= 11 is 1.52. The lowest BCUT2D eigenvalue weighted by Gasteiger charge is -2.30. The van der Waals surface area contributed by atoms with Gasteiger partial charge in [-0.2, -0.15) is 9.41 Å².